The first kappa shape index (κ1) is 16.0. The summed E-state index contributed by atoms with van der Waals surface area (Å²) < 4.78 is 0. The molecule has 0 bridgehead atoms. The van der Waals surface area contributed by atoms with Crippen molar-refractivity contribution in [2.75, 3.05) is 20.1 Å². The second-order valence-electron chi connectivity index (χ2n) is 5.46. The Labute approximate surface area is 129 Å². The summed E-state index contributed by atoms with van der Waals surface area (Å²) in [5.74, 6) is -0.551. The van der Waals surface area contributed by atoms with Crippen LogP contribution in [0.1, 0.15) is 12.5 Å². The average molecular weight is 302 g/mol. The topological polar surface area (TPSA) is 91.2 Å². The minimum atomic E-state index is -0.444. The van der Waals surface area contributed by atoms with Gasteiger partial charge in [-0.1, -0.05) is 18.2 Å². The van der Waals surface area contributed by atoms with E-state index in [2.05, 4.69) is 16.4 Å². The molecule has 0 saturated heterocycles. The van der Waals surface area contributed by atoms with Gasteiger partial charge in [-0.05, 0) is 32.0 Å². The van der Waals surface area contributed by atoms with Crippen LogP contribution in [0.5, 0.6) is 0 Å². The number of aromatic nitrogens is 1. The second kappa shape index (κ2) is 7.09. The second-order valence-corrected chi connectivity index (χ2v) is 5.46. The van der Waals surface area contributed by atoms with Gasteiger partial charge in [-0.25, -0.2) is 0 Å². The molecule has 0 saturated carbocycles. The SMILES string of the molecule is C[C@@H](C(=O)NCCc1c[nH]c2ccccc12)N(C)CC(N)=O. The van der Waals surface area contributed by atoms with Gasteiger partial charge in [-0.3, -0.25) is 14.5 Å². The van der Waals surface area contributed by atoms with E-state index in [0.29, 0.717) is 6.54 Å². The first-order chi connectivity index (χ1) is 10.5. The Kier molecular flexibility index (Phi) is 5.16. The summed E-state index contributed by atoms with van der Waals surface area (Å²) in [6, 6.07) is 7.68. The molecule has 0 aliphatic carbocycles. The third kappa shape index (κ3) is 3.85. The van der Waals surface area contributed by atoms with Crippen molar-refractivity contribution < 1.29 is 9.59 Å². The van der Waals surface area contributed by atoms with Crippen LogP contribution in [0.15, 0.2) is 30.5 Å². The Morgan fingerprint density at radius 2 is 2.09 bits per heavy atom. The highest BCUT2D eigenvalue weighted by Crippen LogP contribution is 2.17. The van der Waals surface area contributed by atoms with Crippen molar-refractivity contribution in [3.05, 3.63) is 36.0 Å². The van der Waals surface area contributed by atoms with Crippen molar-refractivity contribution in [2.45, 2.75) is 19.4 Å². The third-order valence-electron chi connectivity index (χ3n) is 3.81. The van der Waals surface area contributed by atoms with Gasteiger partial charge in [0, 0.05) is 23.6 Å². The van der Waals surface area contributed by atoms with Crippen LogP contribution < -0.4 is 11.1 Å². The molecule has 1 aromatic carbocycles. The normalized spacial score (nSPS) is 12.5. The molecule has 1 heterocycles. The number of hydrogen-bond donors (Lipinski definition) is 3. The van der Waals surface area contributed by atoms with Gasteiger partial charge in [-0.15, -0.1) is 0 Å². The zero-order valence-corrected chi connectivity index (χ0v) is 12.9. The fourth-order valence-corrected chi connectivity index (χ4v) is 2.39. The monoisotopic (exact) mass is 302 g/mol. The first-order valence-electron chi connectivity index (χ1n) is 7.30. The van der Waals surface area contributed by atoms with E-state index in [-0.39, 0.29) is 12.5 Å². The van der Waals surface area contributed by atoms with Crippen molar-refractivity contribution in [1.82, 2.24) is 15.2 Å². The summed E-state index contributed by atoms with van der Waals surface area (Å²) in [4.78, 5) is 27.8. The van der Waals surface area contributed by atoms with Gasteiger partial charge in [-0.2, -0.15) is 0 Å². The van der Waals surface area contributed by atoms with Gasteiger partial charge < -0.3 is 16.0 Å². The lowest BCUT2D eigenvalue weighted by molar-refractivity contribution is -0.126. The lowest BCUT2D eigenvalue weighted by atomic mass is 10.1. The first-order valence-corrected chi connectivity index (χ1v) is 7.30. The molecule has 4 N–H and O–H groups in total. The number of nitrogens with zero attached hydrogens (tertiary/aromatic N) is 1. The van der Waals surface area contributed by atoms with Gasteiger partial charge in [0.2, 0.25) is 11.8 Å². The van der Waals surface area contributed by atoms with Gasteiger partial charge in [0.05, 0.1) is 12.6 Å². The van der Waals surface area contributed by atoms with Crippen molar-refractivity contribution in [1.29, 1.82) is 0 Å². The molecular formula is C16H22N4O2. The number of carbonyl (C=O) groups excluding carboxylic acids is 2. The summed E-state index contributed by atoms with van der Waals surface area (Å²) in [5.41, 5.74) is 7.40. The molecule has 0 fully saturated rings. The molecule has 1 atom stereocenters. The number of nitrogens with two attached hydrogens (primary N) is 1. The van der Waals surface area contributed by atoms with E-state index in [4.69, 9.17) is 5.73 Å². The maximum absolute atomic E-state index is 12.0. The number of benzene rings is 1. The molecule has 2 aromatic rings. The molecule has 22 heavy (non-hydrogen) atoms. The summed E-state index contributed by atoms with van der Waals surface area (Å²) in [7, 11) is 1.70. The van der Waals surface area contributed by atoms with Crippen LogP contribution in [-0.4, -0.2) is 47.9 Å². The van der Waals surface area contributed by atoms with E-state index in [0.717, 1.165) is 11.9 Å². The highest BCUT2D eigenvalue weighted by atomic mass is 16.2. The molecule has 0 aliphatic rings. The molecule has 0 unspecified atom stereocenters. The summed E-state index contributed by atoms with van der Waals surface area (Å²) in [6.45, 7) is 2.37. The smallest absolute Gasteiger partial charge is 0.237 e. The summed E-state index contributed by atoms with van der Waals surface area (Å²) >= 11 is 0. The lowest BCUT2D eigenvalue weighted by Gasteiger charge is -2.22. The zero-order chi connectivity index (χ0) is 16.1. The predicted molar refractivity (Wildman–Crippen MR) is 86.3 cm³/mol. The number of primary amides is 1. The number of likely N-dealkylation sites (N-methyl/N-ethyl adjacent to an activating group) is 1. The maximum atomic E-state index is 12.0. The largest absolute Gasteiger partial charge is 0.369 e. The number of para-hydroxylation sites is 1. The molecule has 0 aliphatic heterocycles. The van der Waals surface area contributed by atoms with Crippen LogP contribution in [0.3, 0.4) is 0 Å². The number of carbonyl (C=O) groups is 2. The van der Waals surface area contributed by atoms with Crippen LogP contribution in [0, 0.1) is 0 Å². The van der Waals surface area contributed by atoms with Crippen molar-refractivity contribution >= 4 is 22.7 Å². The van der Waals surface area contributed by atoms with Crippen molar-refractivity contribution in [3.8, 4) is 0 Å². The molecule has 1 aromatic heterocycles. The Balaban J connectivity index is 1.85. The predicted octanol–water partition coefficient (Wildman–Crippen LogP) is 0.632. The number of nitrogens with one attached hydrogen (secondary N) is 2. The maximum Gasteiger partial charge on any atom is 0.237 e. The highest BCUT2D eigenvalue weighted by Gasteiger charge is 2.18. The van der Waals surface area contributed by atoms with Crippen molar-refractivity contribution in [3.63, 3.8) is 0 Å². The highest BCUT2D eigenvalue weighted by molar-refractivity contribution is 5.84. The molecule has 2 rings (SSSR count). The number of aromatic amines is 1. The summed E-state index contributed by atoms with van der Waals surface area (Å²) in [5, 5.41) is 4.07. The Bertz CT molecular complexity index is 665. The van der Waals surface area contributed by atoms with E-state index in [1.165, 1.54) is 10.9 Å². The van der Waals surface area contributed by atoms with Gasteiger partial charge >= 0.3 is 0 Å². The Hall–Kier alpha value is -2.34. The Morgan fingerprint density at radius 3 is 2.82 bits per heavy atom. The fourth-order valence-electron chi connectivity index (χ4n) is 2.39. The minimum absolute atomic E-state index is 0.0665. The molecule has 0 spiro atoms. The van der Waals surface area contributed by atoms with Crippen molar-refractivity contribution in [2.24, 2.45) is 5.73 Å². The number of amides is 2. The van der Waals surface area contributed by atoms with E-state index < -0.39 is 11.9 Å². The number of rotatable bonds is 7. The van der Waals surface area contributed by atoms with Gasteiger partial charge in [0.25, 0.3) is 0 Å². The molecule has 6 heteroatoms. The zero-order valence-electron chi connectivity index (χ0n) is 12.9. The summed E-state index contributed by atoms with van der Waals surface area (Å²) in [6.07, 6.45) is 2.72. The van der Waals surface area contributed by atoms with Crippen LogP contribution in [0.2, 0.25) is 0 Å². The van der Waals surface area contributed by atoms with Gasteiger partial charge in [0.1, 0.15) is 0 Å². The van der Waals surface area contributed by atoms with E-state index in [1.54, 1.807) is 18.9 Å². The van der Waals surface area contributed by atoms with Crippen LogP contribution in [0.25, 0.3) is 10.9 Å². The number of fused-ring (bicyclic) bond motifs is 1. The van der Waals surface area contributed by atoms with Gasteiger partial charge in [0.15, 0.2) is 0 Å². The Morgan fingerprint density at radius 1 is 1.36 bits per heavy atom. The molecule has 2 amide bonds. The van der Waals surface area contributed by atoms with E-state index in [1.807, 2.05) is 24.4 Å². The molecular weight excluding hydrogens is 280 g/mol. The molecule has 118 valence electrons. The number of H-pyrrole nitrogens is 1. The van der Waals surface area contributed by atoms with Crippen LogP contribution >= 0.6 is 0 Å². The van der Waals surface area contributed by atoms with Crippen LogP contribution in [0.4, 0.5) is 0 Å². The van der Waals surface area contributed by atoms with E-state index >= 15 is 0 Å². The quantitative estimate of drug-likeness (QED) is 0.700. The lowest BCUT2D eigenvalue weighted by Crippen LogP contribution is -2.46. The minimum Gasteiger partial charge on any atom is -0.369 e. The number of hydrogen-bond acceptors (Lipinski definition) is 3. The van der Waals surface area contributed by atoms with Crippen LogP contribution in [-0.2, 0) is 16.0 Å². The van der Waals surface area contributed by atoms with E-state index in [9.17, 15) is 9.59 Å². The standard InChI is InChI=1S/C16H22N4O2/c1-11(20(2)10-15(17)21)16(22)18-8-7-12-9-19-14-6-4-3-5-13(12)14/h3-6,9,11,19H,7-8,10H2,1-2H3,(H2,17,21)(H,18,22)/t11-/m0/s1. The molecule has 0 radical (unpaired) electrons. The third-order valence-corrected chi connectivity index (χ3v) is 3.81. The average Bonchev–Trinajstić information content (AvgIpc) is 2.89. The molecule has 6 nitrogen and oxygen atoms in total. The fraction of sp³-hybridized carbons (Fsp3) is 0.375.